The Balaban J connectivity index is 1.89. The molecule has 0 radical (unpaired) electrons. The van der Waals surface area contributed by atoms with Crippen LogP contribution in [0.2, 0.25) is 0 Å². The molecule has 0 saturated carbocycles. The van der Waals surface area contributed by atoms with Gasteiger partial charge in [-0.05, 0) is 12.1 Å². The van der Waals surface area contributed by atoms with Crippen LogP contribution < -0.4 is 0 Å². The monoisotopic (exact) mass is 217 g/mol. The third-order valence-electron chi connectivity index (χ3n) is 2.39. The smallest absolute Gasteiger partial charge is 0.188 e. The van der Waals surface area contributed by atoms with E-state index in [0.717, 1.165) is 0 Å². The molecule has 1 heterocycles. The SMILES string of the molecule is N#Cc1ccc(C(=O)COC2COC2)cc1. The molecule has 1 aromatic carbocycles. The molecule has 0 atom stereocenters. The predicted octanol–water partition coefficient (Wildman–Crippen LogP) is 1.16. The van der Waals surface area contributed by atoms with Gasteiger partial charge in [-0.2, -0.15) is 5.26 Å². The van der Waals surface area contributed by atoms with E-state index in [1.807, 2.05) is 6.07 Å². The molecule has 4 heteroatoms. The van der Waals surface area contributed by atoms with E-state index in [0.29, 0.717) is 24.3 Å². The Kier molecular flexibility index (Phi) is 3.30. The number of rotatable bonds is 4. The maximum Gasteiger partial charge on any atom is 0.188 e. The number of Topliss-reactive ketones (excluding diaryl/α,β-unsaturated/α-hetero) is 1. The molecule has 4 nitrogen and oxygen atoms in total. The van der Waals surface area contributed by atoms with Gasteiger partial charge in [0.15, 0.2) is 5.78 Å². The van der Waals surface area contributed by atoms with E-state index in [1.165, 1.54) is 0 Å². The summed E-state index contributed by atoms with van der Waals surface area (Å²) < 4.78 is 10.2. The number of nitrogens with zero attached hydrogens (tertiary/aromatic N) is 1. The van der Waals surface area contributed by atoms with E-state index in [4.69, 9.17) is 14.7 Å². The highest BCUT2D eigenvalue weighted by Gasteiger charge is 2.20. The molecule has 0 aliphatic carbocycles. The van der Waals surface area contributed by atoms with Gasteiger partial charge in [0.1, 0.15) is 12.7 Å². The summed E-state index contributed by atoms with van der Waals surface area (Å²) in [7, 11) is 0. The predicted molar refractivity (Wildman–Crippen MR) is 56.0 cm³/mol. The van der Waals surface area contributed by atoms with Crippen LogP contribution in [-0.4, -0.2) is 31.7 Å². The standard InChI is InChI=1S/C12H11NO3/c13-5-9-1-3-10(4-2-9)12(14)8-16-11-6-15-7-11/h1-4,11H,6-8H2. The molecule has 16 heavy (non-hydrogen) atoms. The second-order valence-corrected chi connectivity index (χ2v) is 3.58. The molecule has 0 spiro atoms. The summed E-state index contributed by atoms with van der Waals surface area (Å²) in [5.41, 5.74) is 1.11. The summed E-state index contributed by atoms with van der Waals surface area (Å²) in [6.07, 6.45) is 0.0577. The van der Waals surface area contributed by atoms with Crippen LogP contribution in [0.1, 0.15) is 15.9 Å². The molecule has 1 aliphatic heterocycles. The van der Waals surface area contributed by atoms with Crippen molar-refractivity contribution in [1.29, 1.82) is 5.26 Å². The van der Waals surface area contributed by atoms with Gasteiger partial charge in [0, 0.05) is 5.56 Å². The molecule has 0 unspecified atom stereocenters. The average Bonchev–Trinajstić information content (AvgIpc) is 2.27. The zero-order valence-electron chi connectivity index (χ0n) is 8.68. The molecule has 1 fully saturated rings. The van der Waals surface area contributed by atoms with Crippen molar-refractivity contribution in [3.63, 3.8) is 0 Å². The summed E-state index contributed by atoms with van der Waals surface area (Å²) in [4.78, 5) is 11.6. The van der Waals surface area contributed by atoms with E-state index in [-0.39, 0.29) is 18.5 Å². The lowest BCUT2D eigenvalue weighted by Crippen LogP contribution is -2.37. The Hall–Kier alpha value is -1.70. The molecule has 0 amide bonds. The number of ether oxygens (including phenoxy) is 2. The first-order chi connectivity index (χ1) is 7.79. The maximum absolute atomic E-state index is 11.6. The molecule has 0 aromatic heterocycles. The largest absolute Gasteiger partial charge is 0.376 e. The van der Waals surface area contributed by atoms with Crippen molar-refractivity contribution in [3.05, 3.63) is 35.4 Å². The van der Waals surface area contributed by atoms with Crippen molar-refractivity contribution in [3.8, 4) is 6.07 Å². The lowest BCUT2D eigenvalue weighted by atomic mass is 10.1. The third kappa shape index (κ3) is 2.45. The summed E-state index contributed by atoms with van der Waals surface area (Å²) in [5.74, 6) is -0.0728. The third-order valence-corrected chi connectivity index (χ3v) is 2.39. The van der Waals surface area contributed by atoms with Crippen molar-refractivity contribution in [2.45, 2.75) is 6.10 Å². The Morgan fingerprint density at radius 3 is 2.62 bits per heavy atom. The highest BCUT2D eigenvalue weighted by Crippen LogP contribution is 2.08. The van der Waals surface area contributed by atoms with Gasteiger partial charge in [0.25, 0.3) is 0 Å². The van der Waals surface area contributed by atoms with Gasteiger partial charge in [0.2, 0.25) is 0 Å². The van der Waals surface area contributed by atoms with Crippen LogP contribution in [0.3, 0.4) is 0 Å². The van der Waals surface area contributed by atoms with E-state index in [9.17, 15) is 4.79 Å². The molecule has 0 bridgehead atoms. The van der Waals surface area contributed by atoms with Gasteiger partial charge in [-0.1, -0.05) is 12.1 Å². The van der Waals surface area contributed by atoms with Crippen LogP contribution in [-0.2, 0) is 9.47 Å². The van der Waals surface area contributed by atoms with Crippen molar-refractivity contribution in [1.82, 2.24) is 0 Å². The number of ketones is 1. The Labute approximate surface area is 93.4 Å². The van der Waals surface area contributed by atoms with Gasteiger partial charge in [-0.15, -0.1) is 0 Å². The average molecular weight is 217 g/mol. The number of nitriles is 1. The van der Waals surface area contributed by atoms with E-state index in [1.54, 1.807) is 24.3 Å². The highest BCUT2D eigenvalue weighted by molar-refractivity contribution is 5.97. The molecular weight excluding hydrogens is 206 g/mol. The topological polar surface area (TPSA) is 59.3 Å². The second kappa shape index (κ2) is 4.88. The van der Waals surface area contributed by atoms with Crippen LogP contribution >= 0.6 is 0 Å². The molecule has 82 valence electrons. The van der Waals surface area contributed by atoms with E-state index in [2.05, 4.69) is 0 Å². The summed E-state index contributed by atoms with van der Waals surface area (Å²) in [6, 6.07) is 8.53. The zero-order valence-corrected chi connectivity index (χ0v) is 8.68. The number of benzene rings is 1. The van der Waals surface area contributed by atoms with Gasteiger partial charge in [-0.25, -0.2) is 0 Å². The quantitative estimate of drug-likeness (QED) is 0.710. The van der Waals surface area contributed by atoms with Crippen molar-refractivity contribution < 1.29 is 14.3 Å². The molecule has 0 N–H and O–H groups in total. The fraction of sp³-hybridized carbons (Fsp3) is 0.333. The molecule has 2 rings (SSSR count). The number of hydrogen-bond acceptors (Lipinski definition) is 4. The minimum absolute atomic E-state index is 0.0577. The normalized spacial score (nSPS) is 15.2. The van der Waals surface area contributed by atoms with Crippen molar-refractivity contribution >= 4 is 5.78 Å². The first-order valence-corrected chi connectivity index (χ1v) is 5.02. The minimum Gasteiger partial charge on any atom is -0.376 e. The highest BCUT2D eigenvalue weighted by atomic mass is 16.6. The summed E-state index contributed by atoms with van der Waals surface area (Å²) in [5, 5.41) is 8.61. The summed E-state index contributed by atoms with van der Waals surface area (Å²) >= 11 is 0. The second-order valence-electron chi connectivity index (χ2n) is 3.58. The van der Waals surface area contributed by atoms with Gasteiger partial charge < -0.3 is 9.47 Å². The van der Waals surface area contributed by atoms with Crippen LogP contribution in [0.4, 0.5) is 0 Å². The van der Waals surface area contributed by atoms with Crippen molar-refractivity contribution in [2.24, 2.45) is 0 Å². The molecule has 1 saturated heterocycles. The van der Waals surface area contributed by atoms with E-state index < -0.39 is 0 Å². The fourth-order valence-electron chi connectivity index (χ4n) is 1.32. The van der Waals surface area contributed by atoms with Gasteiger partial charge in [0.05, 0.1) is 24.8 Å². The zero-order chi connectivity index (χ0) is 11.4. The van der Waals surface area contributed by atoms with Gasteiger partial charge >= 0.3 is 0 Å². The summed E-state index contributed by atoms with van der Waals surface area (Å²) in [6.45, 7) is 1.21. The van der Waals surface area contributed by atoms with E-state index >= 15 is 0 Å². The van der Waals surface area contributed by atoms with Crippen LogP contribution in [0.5, 0.6) is 0 Å². The van der Waals surface area contributed by atoms with Crippen LogP contribution in [0, 0.1) is 11.3 Å². The van der Waals surface area contributed by atoms with Crippen LogP contribution in [0.25, 0.3) is 0 Å². The molecule has 1 aliphatic rings. The van der Waals surface area contributed by atoms with Crippen LogP contribution in [0.15, 0.2) is 24.3 Å². The van der Waals surface area contributed by atoms with Gasteiger partial charge in [-0.3, -0.25) is 4.79 Å². The first-order valence-electron chi connectivity index (χ1n) is 5.02. The minimum atomic E-state index is -0.0728. The van der Waals surface area contributed by atoms with Crippen molar-refractivity contribution in [2.75, 3.05) is 19.8 Å². The maximum atomic E-state index is 11.6. The first kappa shape index (κ1) is 10.8. The molecule has 1 aromatic rings. The lowest BCUT2D eigenvalue weighted by Gasteiger charge is -2.25. The Morgan fingerprint density at radius 2 is 2.12 bits per heavy atom. The molecular formula is C12H11NO3. The Morgan fingerprint density at radius 1 is 1.44 bits per heavy atom. The fourth-order valence-corrected chi connectivity index (χ4v) is 1.32. The lowest BCUT2D eigenvalue weighted by molar-refractivity contribution is -0.123. The number of carbonyl (C=O) groups is 1. The Bertz CT molecular complexity index is 415. The number of carbonyl (C=O) groups excluding carboxylic acids is 1. The number of hydrogen-bond donors (Lipinski definition) is 0.